The molecule has 0 amide bonds. The molecule has 0 bridgehead atoms. The Bertz CT molecular complexity index is 687. The van der Waals surface area contributed by atoms with E-state index in [0.717, 1.165) is 49.4 Å². The summed E-state index contributed by atoms with van der Waals surface area (Å²) < 4.78 is 30.3. The molecule has 0 atom stereocenters. The predicted molar refractivity (Wildman–Crippen MR) is 126 cm³/mol. The zero-order valence-electron chi connectivity index (χ0n) is 20.0. The molecular formula is C29H44F2. The van der Waals surface area contributed by atoms with Crippen LogP contribution in [0.25, 0.3) is 0 Å². The Morgan fingerprint density at radius 3 is 1.48 bits per heavy atom. The van der Waals surface area contributed by atoms with Crippen LogP contribution in [-0.2, 0) is 0 Å². The standard InChI is InChI=1S/C29H44F2/c1-3-5-21-8-12-24(13-9-21)26-18-19-27(29(31)28(26)30)25-16-14-23(15-17-25)22-10-6-20(4-2)7-11-22/h18-25H,3-17H2,1-2H3. The maximum Gasteiger partial charge on any atom is 0.162 e. The Labute approximate surface area is 189 Å². The Balaban J connectivity index is 1.34. The molecule has 0 heterocycles. The second-order valence-corrected chi connectivity index (χ2v) is 11.2. The van der Waals surface area contributed by atoms with E-state index < -0.39 is 11.6 Å². The van der Waals surface area contributed by atoms with Gasteiger partial charge in [0, 0.05) is 0 Å². The van der Waals surface area contributed by atoms with Gasteiger partial charge in [0.05, 0.1) is 0 Å². The summed E-state index contributed by atoms with van der Waals surface area (Å²) in [6.45, 7) is 4.57. The molecule has 3 fully saturated rings. The fourth-order valence-corrected chi connectivity index (χ4v) is 7.35. The monoisotopic (exact) mass is 430 g/mol. The van der Waals surface area contributed by atoms with Gasteiger partial charge in [0.2, 0.25) is 0 Å². The third-order valence-corrected chi connectivity index (χ3v) is 9.47. The Morgan fingerprint density at radius 1 is 0.613 bits per heavy atom. The molecule has 174 valence electrons. The highest BCUT2D eigenvalue weighted by atomic mass is 19.2. The first-order valence-corrected chi connectivity index (χ1v) is 13.6. The van der Waals surface area contributed by atoms with Gasteiger partial charge in [-0.15, -0.1) is 0 Å². The van der Waals surface area contributed by atoms with E-state index in [1.165, 1.54) is 70.6 Å². The molecule has 3 aliphatic rings. The van der Waals surface area contributed by atoms with Gasteiger partial charge in [0.25, 0.3) is 0 Å². The number of benzene rings is 1. The second kappa shape index (κ2) is 10.8. The molecule has 0 nitrogen and oxygen atoms in total. The number of rotatable bonds is 6. The first kappa shape index (κ1) is 23.2. The van der Waals surface area contributed by atoms with E-state index in [2.05, 4.69) is 13.8 Å². The summed E-state index contributed by atoms with van der Waals surface area (Å²) in [5.41, 5.74) is 1.31. The molecule has 3 saturated carbocycles. The Hall–Kier alpha value is -0.920. The van der Waals surface area contributed by atoms with E-state index in [-0.39, 0.29) is 11.8 Å². The Kier molecular flexibility index (Phi) is 8.10. The normalized spacial score (nSPS) is 34.6. The highest BCUT2D eigenvalue weighted by Crippen LogP contribution is 2.46. The fraction of sp³-hybridized carbons (Fsp3) is 0.793. The van der Waals surface area contributed by atoms with Gasteiger partial charge >= 0.3 is 0 Å². The van der Waals surface area contributed by atoms with Gasteiger partial charge in [-0.3, -0.25) is 0 Å². The van der Waals surface area contributed by atoms with Crippen LogP contribution in [0.2, 0.25) is 0 Å². The van der Waals surface area contributed by atoms with Gasteiger partial charge < -0.3 is 0 Å². The lowest BCUT2D eigenvalue weighted by Crippen LogP contribution is -2.25. The highest BCUT2D eigenvalue weighted by molar-refractivity contribution is 5.32. The van der Waals surface area contributed by atoms with Crippen molar-refractivity contribution in [2.75, 3.05) is 0 Å². The fourth-order valence-electron chi connectivity index (χ4n) is 7.35. The van der Waals surface area contributed by atoms with E-state index in [4.69, 9.17) is 0 Å². The predicted octanol–water partition coefficient (Wildman–Crippen LogP) is 9.53. The summed E-state index contributed by atoms with van der Waals surface area (Å²) in [4.78, 5) is 0. The maximum atomic E-state index is 15.2. The van der Waals surface area contributed by atoms with Crippen LogP contribution in [0.5, 0.6) is 0 Å². The third kappa shape index (κ3) is 5.36. The summed E-state index contributed by atoms with van der Waals surface area (Å²) in [5, 5.41) is 0. The van der Waals surface area contributed by atoms with Crippen molar-refractivity contribution in [2.45, 2.75) is 122 Å². The first-order valence-electron chi connectivity index (χ1n) is 13.6. The van der Waals surface area contributed by atoms with Crippen molar-refractivity contribution in [3.63, 3.8) is 0 Å². The van der Waals surface area contributed by atoms with E-state index in [9.17, 15) is 0 Å². The molecule has 0 aliphatic heterocycles. The summed E-state index contributed by atoms with van der Waals surface area (Å²) in [7, 11) is 0. The van der Waals surface area contributed by atoms with E-state index in [0.29, 0.717) is 11.1 Å². The van der Waals surface area contributed by atoms with Crippen LogP contribution in [0.1, 0.15) is 133 Å². The lowest BCUT2D eigenvalue weighted by molar-refractivity contribution is 0.158. The number of hydrogen-bond donors (Lipinski definition) is 0. The van der Waals surface area contributed by atoms with Gasteiger partial charge in [0.1, 0.15) is 0 Å². The van der Waals surface area contributed by atoms with Crippen LogP contribution in [0.15, 0.2) is 12.1 Å². The van der Waals surface area contributed by atoms with Gasteiger partial charge in [0.15, 0.2) is 11.6 Å². The summed E-state index contributed by atoms with van der Waals surface area (Å²) in [5.74, 6) is 2.81. The molecule has 4 rings (SSSR count). The molecule has 0 unspecified atom stereocenters. The summed E-state index contributed by atoms with van der Waals surface area (Å²) >= 11 is 0. The molecule has 0 radical (unpaired) electrons. The number of halogens is 2. The van der Waals surface area contributed by atoms with Gasteiger partial charge in [-0.05, 0) is 111 Å². The zero-order chi connectivity index (χ0) is 21.8. The molecule has 2 heteroatoms. The molecule has 31 heavy (non-hydrogen) atoms. The average molecular weight is 431 g/mol. The molecule has 0 N–H and O–H groups in total. The Morgan fingerprint density at radius 2 is 1.03 bits per heavy atom. The van der Waals surface area contributed by atoms with Crippen LogP contribution in [0.4, 0.5) is 8.78 Å². The van der Waals surface area contributed by atoms with E-state index in [1.54, 1.807) is 0 Å². The molecule has 0 aromatic heterocycles. The summed E-state index contributed by atoms with van der Waals surface area (Å²) in [6.07, 6.45) is 18.3. The maximum absolute atomic E-state index is 15.2. The summed E-state index contributed by atoms with van der Waals surface area (Å²) in [6, 6.07) is 3.89. The average Bonchev–Trinajstić information content (AvgIpc) is 2.82. The third-order valence-electron chi connectivity index (χ3n) is 9.47. The molecule has 1 aromatic carbocycles. The second-order valence-electron chi connectivity index (χ2n) is 11.2. The molecular weight excluding hydrogens is 386 g/mol. The van der Waals surface area contributed by atoms with Crippen LogP contribution in [0.3, 0.4) is 0 Å². The minimum absolute atomic E-state index is 0.214. The molecule has 1 aromatic rings. The largest absolute Gasteiger partial charge is 0.203 e. The zero-order valence-corrected chi connectivity index (χ0v) is 20.0. The van der Waals surface area contributed by atoms with E-state index in [1.807, 2.05) is 12.1 Å². The van der Waals surface area contributed by atoms with Crippen molar-refractivity contribution in [3.05, 3.63) is 34.9 Å². The van der Waals surface area contributed by atoms with Crippen LogP contribution >= 0.6 is 0 Å². The van der Waals surface area contributed by atoms with Gasteiger partial charge in [-0.1, -0.05) is 58.1 Å². The molecule has 0 spiro atoms. The quantitative estimate of drug-likeness (QED) is 0.421. The van der Waals surface area contributed by atoms with Crippen molar-refractivity contribution in [1.82, 2.24) is 0 Å². The van der Waals surface area contributed by atoms with Crippen molar-refractivity contribution in [3.8, 4) is 0 Å². The smallest absolute Gasteiger partial charge is 0.162 e. The first-order chi connectivity index (χ1) is 15.1. The topological polar surface area (TPSA) is 0 Å². The highest BCUT2D eigenvalue weighted by Gasteiger charge is 2.33. The molecule has 0 saturated heterocycles. The van der Waals surface area contributed by atoms with Crippen molar-refractivity contribution in [1.29, 1.82) is 0 Å². The van der Waals surface area contributed by atoms with Crippen molar-refractivity contribution >= 4 is 0 Å². The number of hydrogen-bond acceptors (Lipinski definition) is 0. The van der Waals surface area contributed by atoms with Crippen molar-refractivity contribution < 1.29 is 8.78 Å². The van der Waals surface area contributed by atoms with Gasteiger partial charge in [-0.25, -0.2) is 8.78 Å². The van der Waals surface area contributed by atoms with E-state index >= 15 is 8.78 Å². The molecule has 3 aliphatic carbocycles. The van der Waals surface area contributed by atoms with Crippen LogP contribution in [-0.4, -0.2) is 0 Å². The minimum Gasteiger partial charge on any atom is -0.203 e. The minimum atomic E-state index is -0.531. The van der Waals surface area contributed by atoms with Crippen molar-refractivity contribution in [2.24, 2.45) is 23.7 Å². The van der Waals surface area contributed by atoms with Gasteiger partial charge in [-0.2, -0.15) is 0 Å². The lowest BCUT2D eigenvalue weighted by Gasteiger charge is -2.38. The van der Waals surface area contributed by atoms with Crippen LogP contribution < -0.4 is 0 Å². The van der Waals surface area contributed by atoms with Crippen LogP contribution in [0, 0.1) is 35.3 Å². The SMILES string of the molecule is CCCC1CCC(c2ccc(C3CCC(C4CCC(CC)CC4)CC3)c(F)c2F)CC1. The lowest BCUT2D eigenvalue weighted by atomic mass is 9.68.